The van der Waals surface area contributed by atoms with Gasteiger partial charge in [0.15, 0.2) is 0 Å². The maximum Gasteiger partial charge on any atom is 0.146 e. The molecule has 0 radical (unpaired) electrons. The quantitative estimate of drug-likeness (QED) is 0.839. The highest BCUT2D eigenvalue weighted by molar-refractivity contribution is 5.38. The fraction of sp³-hybridized carbons (Fsp3) is 0.632. The maximum absolute atomic E-state index is 6.02. The van der Waals surface area contributed by atoms with Crippen molar-refractivity contribution in [2.75, 3.05) is 45.1 Å². The fourth-order valence-corrected chi connectivity index (χ4v) is 4.06. The molecule has 0 bridgehead atoms. The number of anilines is 1. The number of aromatic nitrogens is 4. The summed E-state index contributed by atoms with van der Waals surface area (Å²) in [4.78, 5) is 9.05. The number of hydrogen-bond acceptors (Lipinski definition) is 7. The smallest absolute Gasteiger partial charge is 0.146 e. The normalized spacial score (nSPS) is 22.2. The summed E-state index contributed by atoms with van der Waals surface area (Å²) in [6.45, 7) is 7.29. The molecule has 2 aromatic heterocycles. The van der Waals surface area contributed by atoms with Crippen LogP contribution in [0.25, 0.3) is 0 Å². The van der Waals surface area contributed by atoms with E-state index < -0.39 is 0 Å². The highest BCUT2D eigenvalue weighted by atomic mass is 16.5. The first kappa shape index (κ1) is 18.3. The van der Waals surface area contributed by atoms with Crippen LogP contribution in [0, 0.1) is 0 Å². The Morgan fingerprint density at radius 3 is 2.81 bits per heavy atom. The molecular formula is C19H29N7O. The zero-order valence-corrected chi connectivity index (χ0v) is 16.0. The molecule has 0 aromatic carbocycles. The largest absolute Gasteiger partial charge is 0.383 e. The molecule has 0 saturated carbocycles. The molecule has 8 heteroatoms. The number of pyridine rings is 1. The van der Waals surface area contributed by atoms with E-state index >= 15 is 0 Å². The number of piperidine rings is 1. The Hall–Kier alpha value is -2.03. The van der Waals surface area contributed by atoms with Gasteiger partial charge in [-0.1, -0.05) is 6.07 Å². The van der Waals surface area contributed by atoms with E-state index in [1.165, 1.54) is 0 Å². The standard InChI is InChI=1S/C19H29N7O/c1-24-17(14-25-8-10-27-11-9-25)22-23-19(24)16-5-3-7-26(13-16)12-15-4-2-6-21-18(15)20/h2,4,6,16H,3,5,7-14H2,1H3,(H2,20,21)/t16-/m1/s1. The summed E-state index contributed by atoms with van der Waals surface area (Å²) in [5.41, 5.74) is 7.12. The molecule has 8 nitrogen and oxygen atoms in total. The molecule has 4 rings (SSSR count). The van der Waals surface area contributed by atoms with Crippen LogP contribution in [0.3, 0.4) is 0 Å². The minimum absolute atomic E-state index is 0.410. The number of nitrogen functional groups attached to an aromatic ring is 1. The summed E-state index contributed by atoms with van der Waals surface area (Å²) in [6, 6.07) is 4.02. The van der Waals surface area contributed by atoms with Crippen molar-refractivity contribution in [3.63, 3.8) is 0 Å². The van der Waals surface area contributed by atoms with E-state index in [-0.39, 0.29) is 0 Å². The van der Waals surface area contributed by atoms with Crippen molar-refractivity contribution in [3.8, 4) is 0 Å². The molecule has 0 unspecified atom stereocenters. The van der Waals surface area contributed by atoms with E-state index in [0.717, 1.165) is 82.5 Å². The summed E-state index contributed by atoms with van der Waals surface area (Å²) in [5, 5.41) is 9.05. The number of morpholine rings is 1. The molecule has 2 aliphatic rings. The number of likely N-dealkylation sites (tertiary alicyclic amines) is 1. The molecular weight excluding hydrogens is 342 g/mol. The van der Waals surface area contributed by atoms with Gasteiger partial charge >= 0.3 is 0 Å². The molecule has 2 aliphatic heterocycles. The van der Waals surface area contributed by atoms with E-state index in [9.17, 15) is 0 Å². The van der Waals surface area contributed by atoms with Crippen molar-refractivity contribution in [1.29, 1.82) is 0 Å². The second-order valence-corrected chi connectivity index (χ2v) is 7.54. The van der Waals surface area contributed by atoms with Crippen molar-refractivity contribution < 1.29 is 4.74 Å². The number of nitrogens with zero attached hydrogens (tertiary/aromatic N) is 6. The van der Waals surface area contributed by atoms with Gasteiger partial charge in [0.25, 0.3) is 0 Å². The van der Waals surface area contributed by atoms with Crippen LogP contribution in [-0.4, -0.2) is 68.9 Å². The lowest BCUT2D eigenvalue weighted by Gasteiger charge is -2.32. The average Bonchev–Trinajstić information content (AvgIpc) is 3.05. The van der Waals surface area contributed by atoms with Gasteiger partial charge in [0.05, 0.1) is 19.8 Å². The molecule has 2 saturated heterocycles. The third kappa shape index (κ3) is 4.28. The van der Waals surface area contributed by atoms with E-state index in [2.05, 4.69) is 42.7 Å². The Kier molecular flexibility index (Phi) is 5.66. The predicted molar refractivity (Wildman–Crippen MR) is 103 cm³/mol. The highest BCUT2D eigenvalue weighted by Gasteiger charge is 2.27. The minimum atomic E-state index is 0.410. The highest BCUT2D eigenvalue weighted by Crippen LogP contribution is 2.27. The molecule has 27 heavy (non-hydrogen) atoms. The van der Waals surface area contributed by atoms with Gasteiger partial charge in [-0.3, -0.25) is 9.80 Å². The lowest BCUT2D eigenvalue weighted by atomic mass is 9.96. The van der Waals surface area contributed by atoms with Crippen LogP contribution in [0.15, 0.2) is 18.3 Å². The van der Waals surface area contributed by atoms with E-state index in [1.54, 1.807) is 6.20 Å². The van der Waals surface area contributed by atoms with Gasteiger partial charge in [0.2, 0.25) is 0 Å². The molecule has 2 aromatic rings. The first-order chi connectivity index (χ1) is 13.2. The van der Waals surface area contributed by atoms with Gasteiger partial charge in [0.1, 0.15) is 17.5 Å². The summed E-state index contributed by atoms with van der Waals surface area (Å²) >= 11 is 0. The number of hydrogen-bond donors (Lipinski definition) is 1. The zero-order chi connectivity index (χ0) is 18.6. The number of ether oxygens (including phenoxy) is 1. The summed E-state index contributed by atoms with van der Waals surface area (Å²) in [7, 11) is 2.10. The number of nitrogens with two attached hydrogens (primary N) is 1. The average molecular weight is 371 g/mol. The lowest BCUT2D eigenvalue weighted by molar-refractivity contribution is 0.0326. The fourth-order valence-electron chi connectivity index (χ4n) is 4.06. The molecule has 0 aliphatic carbocycles. The van der Waals surface area contributed by atoms with Crippen LogP contribution in [0.5, 0.6) is 0 Å². The topological polar surface area (TPSA) is 85.3 Å². The zero-order valence-electron chi connectivity index (χ0n) is 16.0. The first-order valence-electron chi connectivity index (χ1n) is 9.80. The third-order valence-electron chi connectivity index (χ3n) is 5.66. The van der Waals surface area contributed by atoms with Crippen LogP contribution in [0.1, 0.15) is 36.0 Å². The molecule has 4 heterocycles. The van der Waals surface area contributed by atoms with Crippen LogP contribution >= 0.6 is 0 Å². The Balaban J connectivity index is 1.41. The van der Waals surface area contributed by atoms with E-state index in [0.29, 0.717) is 11.7 Å². The van der Waals surface area contributed by atoms with Crippen LogP contribution in [-0.2, 0) is 24.9 Å². The van der Waals surface area contributed by atoms with Crippen molar-refractivity contribution in [1.82, 2.24) is 29.5 Å². The van der Waals surface area contributed by atoms with Gasteiger partial charge in [-0.2, -0.15) is 0 Å². The van der Waals surface area contributed by atoms with Crippen molar-refractivity contribution >= 4 is 5.82 Å². The van der Waals surface area contributed by atoms with Crippen molar-refractivity contribution in [3.05, 3.63) is 35.5 Å². The maximum atomic E-state index is 6.02. The van der Waals surface area contributed by atoms with Crippen molar-refractivity contribution in [2.45, 2.75) is 31.8 Å². The molecule has 2 N–H and O–H groups in total. The molecule has 0 spiro atoms. The van der Waals surface area contributed by atoms with Crippen LogP contribution < -0.4 is 5.73 Å². The summed E-state index contributed by atoms with van der Waals surface area (Å²) in [5.74, 6) is 3.18. The summed E-state index contributed by atoms with van der Waals surface area (Å²) < 4.78 is 7.63. The SMILES string of the molecule is Cn1c(CN2CCOCC2)nnc1[C@@H]1CCCN(Cc2cccnc2N)C1. The first-order valence-corrected chi connectivity index (χ1v) is 9.80. The van der Waals surface area contributed by atoms with Gasteiger partial charge in [-0.25, -0.2) is 4.98 Å². The van der Waals surface area contributed by atoms with Gasteiger partial charge in [-0.15, -0.1) is 10.2 Å². The van der Waals surface area contributed by atoms with E-state index in [4.69, 9.17) is 10.5 Å². The summed E-state index contributed by atoms with van der Waals surface area (Å²) in [6.07, 6.45) is 4.06. The molecule has 1 atom stereocenters. The third-order valence-corrected chi connectivity index (χ3v) is 5.66. The second-order valence-electron chi connectivity index (χ2n) is 7.54. The molecule has 2 fully saturated rings. The molecule has 146 valence electrons. The Morgan fingerprint density at radius 1 is 1.15 bits per heavy atom. The van der Waals surface area contributed by atoms with Crippen LogP contribution in [0.2, 0.25) is 0 Å². The molecule has 0 amide bonds. The van der Waals surface area contributed by atoms with Crippen molar-refractivity contribution in [2.24, 2.45) is 7.05 Å². The lowest BCUT2D eigenvalue weighted by Crippen LogP contribution is -2.36. The Labute approximate surface area is 160 Å². The second kappa shape index (κ2) is 8.33. The van der Waals surface area contributed by atoms with E-state index in [1.807, 2.05) is 6.07 Å². The van der Waals surface area contributed by atoms with Gasteiger partial charge in [0, 0.05) is 50.9 Å². The Morgan fingerprint density at radius 2 is 2.00 bits per heavy atom. The Bertz CT molecular complexity index is 756. The van der Waals surface area contributed by atoms with Gasteiger partial charge < -0.3 is 15.0 Å². The monoisotopic (exact) mass is 371 g/mol. The predicted octanol–water partition coefficient (Wildman–Crippen LogP) is 1.00. The van der Waals surface area contributed by atoms with Gasteiger partial charge in [-0.05, 0) is 25.5 Å². The number of rotatable bonds is 5. The minimum Gasteiger partial charge on any atom is -0.383 e. The van der Waals surface area contributed by atoms with Crippen LogP contribution in [0.4, 0.5) is 5.82 Å².